The predicted octanol–water partition coefficient (Wildman–Crippen LogP) is 5.62. The Morgan fingerprint density at radius 1 is 1.06 bits per heavy atom. The Hall–Kier alpha value is -2.25. The van der Waals surface area contributed by atoms with Gasteiger partial charge in [0.25, 0.3) is 0 Å². The topological polar surface area (TPSA) is 58.6 Å². The number of nitrogens with zero attached hydrogens (tertiary/aromatic N) is 1. The number of carbonyl (C=O) groups excluding carboxylic acids is 1. The minimum Gasteiger partial charge on any atom is -0.490 e. The van der Waals surface area contributed by atoms with Crippen LogP contribution < -0.4 is 9.46 Å². The van der Waals surface area contributed by atoms with Gasteiger partial charge in [-0.2, -0.15) is 0 Å². The average molecular weight is 487 g/mol. The highest BCUT2D eigenvalue weighted by Crippen LogP contribution is 2.45. The van der Waals surface area contributed by atoms with Crippen molar-refractivity contribution in [2.75, 3.05) is 14.1 Å². The maximum absolute atomic E-state index is 15.1. The van der Waals surface area contributed by atoms with Gasteiger partial charge in [-0.1, -0.05) is 24.6 Å². The van der Waals surface area contributed by atoms with E-state index in [1.54, 1.807) is 20.2 Å². The van der Waals surface area contributed by atoms with Gasteiger partial charge in [-0.3, -0.25) is 9.52 Å². The molecule has 1 amide bonds. The van der Waals surface area contributed by atoms with Gasteiger partial charge >= 0.3 is 0 Å². The van der Waals surface area contributed by atoms with Crippen molar-refractivity contribution < 1.29 is 18.1 Å². The standard InChI is InChI=1S/C27H35FN2O3S/c1-27(2,26(31)29-34(32)30(3)4)19-15-16-24(33-20-11-5-6-12-20)22(17-19)21-13-8-14-23(28)25(21)18-9-7-10-18/h8,13-18,20H,5-7,9-12H2,1-4H3,(H,29,31). The first-order valence-corrected chi connectivity index (χ1v) is 13.3. The van der Waals surface area contributed by atoms with Crippen molar-refractivity contribution in [3.05, 3.63) is 53.3 Å². The van der Waals surface area contributed by atoms with Crippen molar-refractivity contribution in [3.63, 3.8) is 0 Å². The molecule has 4 rings (SSSR count). The fourth-order valence-electron chi connectivity index (χ4n) is 4.73. The van der Waals surface area contributed by atoms with Gasteiger partial charge in [0.15, 0.2) is 11.2 Å². The van der Waals surface area contributed by atoms with Crippen LogP contribution in [0.2, 0.25) is 0 Å². The van der Waals surface area contributed by atoms with Crippen LogP contribution >= 0.6 is 0 Å². The molecule has 2 aliphatic rings. The van der Waals surface area contributed by atoms with Crippen LogP contribution in [0.1, 0.15) is 75.8 Å². The van der Waals surface area contributed by atoms with Gasteiger partial charge in [0.05, 0.1) is 11.5 Å². The summed E-state index contributed by atoms with van der Waals surface area (Å²) in [6.07, 6.45) is 7.58. The van der Waals surface area contributed by atoms with E-state index in [0.29, 0.717) is 0 Å². The maximum atomic E-state index is 15.1. The molecule has 0 radical (unpaired) electrons. The van der Waals surface area contributed by atoms with E-state index in [1.807, 2.05) is 38.1 Å². The Bertz CT molecular complexity index is 1080. The van der Waals surface area contributed by atoms with Gasteiger partial charge in [-0.05, 0) is 93.2 Å². The van der Waals surface area contributed by atoms with Crippen LogP contribution in [0.15, 0.2) is 36.4 Å². The van der Waals surface area contributed by atoms with Crippen LogP contribution in [-0.4, -0.2) is 34.6 Å². The van der Waals surface area contributed by atoms with E-state index in [2.05, 4.69) is 4.72 Å². The molecule has 0 aromatic heterocycles. The van der Waals surface area contributed by atoms with Crippen molar-refractivity contribution in [1.82, 2.24) is 9.03 Å². The third-order valence-electron chi connectivity index (χ3n) is 7.23. The van der Waals surface area contributed by atoms with E-state index in [0.717, 1.165) is 72.9 Å². The molecular formula is C27H35FN2O3S. The van der Waals surface area contributed by atoms with E-state index >= 15 is 4.39 Å². The van der Waals surface area contributed by atoms with Crippen molar-refractivity contribution in [2.24, 2.45) is 0 Å². The summed E-state index contributed by atoms with van der Waals surface area (Å²) in [5, 5.41) is 0. The lowest BCUT2D eigenvalue weighted by Gasteiger charge is -2.30. The molecule has 2 fully saturated rings. The summed E-state index contributed by atoms with van der Waals surface area (Å²) in [5.74, 6) is 0.416. The molecule has 1 atom stereocenters. The third kappa shape index (κ3) is 5.05. The Morgan fingerprint density at radius 2 is 1.76 bits per heavy atom. The fourth-order valence-corrected chi connectivity index (χ4v) is 5.33. The summed E-state index contributed by atoms with van der Waals surface area (Å²) >= 11 is -1.62. The molecule has 0 bridgehead atoms. The minimum absolute atomic E-state index is 0.157. The summed E-state index contributed by atoms with van der Waals surface area (Å²) in [6.45, 7) is 3.62. The molecule has 1 unspecified atom stereocenters. The van der Waals surface area contributed by atoms with Crippen LogP contribution in [0.25, 0.3) is 11.1 Å². The number of carbonyl (C=O) groups is 1. The minimum atomic E-state index is -1.62. The van der Waals surface area contributed by atoms with Crippen LogP contribution in [0.3, 0.4) is 0 Å². The average Bonchev–Trinajstić information content (AvgIpc) is 3.27. The van der Waals surface area contributed by atoms with Crippen molar-refractivity contribution in [3.8, 4) is 16.9 Å². The zero-order chi connectivity index (χ0) is 24.5. The zero-order valence-electron chi connectivity index (χ0n) is 20.5. The highest BCUT2D eigenvalue weighted by molar-refractivity contribution is 7.81. The molecular weight excluding hydrogens is 451 g/mol. The van der Waals surface area contributed by atoms with Crippen molar-refractivity contribution in [1.29, 1.82) is 0 Å². The van der Waals surface area contributed by atoms with Gasteiger partial charge in [0, 0.05) is 19.7 Å². The Balaban J connectivity index is 1.77. The van der Waals surface area contributed by atoms with Crippen LogP contribution in [0.4, 0.5) is 4.39 Å². The van der Waals surface area contributed by atoms with E-state index in [4.69, 9.17) is 4.74 Å². The number of hydrogen-bond donors (Lipinski definition) is 1. The monoisotopic (exact) mass is 486 g/mol. The van der Waals surface area contributed by atoms with Crippen LogP contribution in [-0.2, 0) is 21.4 Å². The predicted molar refractivity (Wildman–Crippen MR) is 134 cm³/mol. The second-order valence-electron chi connectivity index (χ2n) is 10.2. The van der Waals surface area contributed by atoms with Gasteiger partial charge in [-0.15, -0.1) is 0 Å². The van der Waals surface area contributed by atoms with E-state index in [1.165, 1.54) is 10.4 Å². The summed E-state index contributed by atoms with van der Waals surface area (Å²) in [6, 6.07) is 11.0. The van der Waals surface area contributed by atoms with E-state index < -0.39 is 16.6 Å². The Kier molecular flexibility index (Phi) is 7.43. The molecule has 7 heteroatoms. The number of hydrogen-bond acceptors (Lipinski definition) is 3. The smallest absolute Gasteiger partial charge is 0.242 e. The molecule has 0 spiro atoms. The van der Waals surface area contributed by atoms with Gasteiger partial charge < -0.3 is 4.74 Å². The molecule has 1 N–H and O–H groups in total. The largest absolute Gasteiger partial charge is 0.490 e. The second kappa shape index (κ2) is 10.2. The number of amides is 1. The molecule has 184 valence electrons. The lowest BCUT2D eigenvalue weighted by Crippen LogP contribution is -2.44. The molecule has 0 saturated heterocycles. The first-order valence-electron chi connectivity index (χ1n) is 12.2. The Labute approximate surface area is 204 Å². The molecule has 0 heterocycles. The third-order valence-corrected chi connectivity index (χ3v) is 8.26. The van der Waals surface area contributed by atoms with E-state index in [-0.39, 0.29) is 23.7 Å². The lowest BCUT2D eigenvalue weighted by molar-refractivity contribution is -0.123. The zero-order valence-corrected chi connectivity index (χ0v) is 21.3. The quantitative estimate of drug-likeness (QED) is 0.527. The highest BCUT2D eigenvalue weighted by atomic mass is 32.2. The molecule has 0 aliphatic heterocycles. The SMILES string of the molecule is CN(C)S(=O)NC(=O)C(C)(C)c1ccc(OC2CCCC2)c(-c2cccc(F)c2C2CCC2)c1. The molecule has 5 nitrogen and oxygen atoms in total. The summed E-state index contributed by atoms with van der Waals surface area (Å²) in [4.78, 5) is 13.1. The molecule has 2 saturated carbocycles. The fraction of sp³-hybridized carbons (Fsp3) is 0.519. The maximum Gasteiger partial charge on any atom is 0.242 e. The van der Waals surface area contributed by atoms with Crippen LogP contribution in [0.5, 0.6) is 5.75 Å². The van der Waals surface area contributed by atoms with Gasteiger partial charge in [0.1, 0.15) is 11.6 Å². The summed E-state index contributed by atoms with van der Waals surface area (Å²) in [5.41, 5.74) is 2.22. The number of ether oxygens (including phenoxy) is 1. The summed E-state index contributed by atoms with van der Waals surface area (Å²) < 4.78 is 37.7. The number of benzene rings is 2. The highest BCUT2D eigenvalue weighted by Gasteiger charge is 2.33. The summed E-state index contributed by atoms with van der Waals surface area (Å²) in [7, 11) is 3.28. The number of rotatable bonds is 8. The van der Waals surface area contributed by atoms with Crippen molar-refractivity contribution >= 4 is 17.1 Å². The van der Waals surface area contributed by atoms with Crippen molar-refractivity contribution in [2.45, 2.75) is 76.2 Å². The molecule has 2 aliphatic carbocycles. The molecule has 2 aromatic rings. The van der Waals surface area contributed by atoms with Gasteiger partial charge in [-0.25, -0.2) is 12.9 Å². The van der Waals surface area contributed by atoms with E-state index in [9.17, 15) is 9.00 Å². The second-order valence-corrected chi connectivity index (χ2v) is 11.6. The lowest BCUT2D eigenvalue weighted by atomic mass is 9.76. The molecule has 34 heavy (non-hydrogen) atoms. The normalized spacial score (nSPS) is 18.1. The number of nitrogens with one attached hydrogen (secondary N) is 1. The molecule has 2 aromatic carbocycles. The number of halogens is 1. The van der Waals surface area contributed by atoms with Crippen LogP contribution in [0, 0.1) is 5.82 Å². The first kappa shape index (κ1) is 24.9. The van der Waals surface area contributed by atoms with Gasteiger partial charge in [0.2, 0.25) is 5.91 Å². The first-order chi connectivity index (χ1) is 16.2. The Morgan fingerprint density at radius 3 is 2.38 bits per heavy atom.